The number of rotatable bonds is 1. The SMILES string of the molecule is CC(=O)N1c2ccccc2-n2c(cc3ccccc32)C1c1ccccc1. The van der Waals surface area contributed by atoms with E-state index in [1.165, 1.54) is 10.9 Å². The molecule has 1 aliphatic heterocycles. The molecule has 0 fully saturated rings. The van der Waals surface area contributed by atoms with Crippen molar-refractivity contribution in [2.45, 2.75) is 13.0 Å². The smallest absolute Gasteiger partial charge is 0.224 e. The van der Waals surface area contributed by atoms with Gasteiger partial charge in [0.05, 0.1) is 22.6 Å². The average molecular weight is 338 g/mol. The summed E-state index contributed by atoms with van der Waals surface area (Å²) in [6, 6.07) is 28.8. The average Bonchev–Trinajstić information content (AvgIpc) is 3.07. The molecule has 5 rings (SSSR count). The molecule has 3 heteroatoms. The number of anilines is 1. The summed E-state index contributed by atoms with van der Waals surface area (Å²) in [5.74, 6) is 0.0443. The normalized spacial score (nSPS) is 15.6. The van der Waals surface area contributed by atoms with E-state index in [0.29, 0.717) is 0 Å². The Morgan fingerprint density at radius 3 is 2.23 bits per heavy atom. The van der Waals surface area contributed by atoms with Crippen molar-refractivity contribution in [3.8, 4) is 5.69 Å². The lowest BCUT2D eigenvalue weighted by Gasteiger charge is -2.38. The van der Waals surface area contributed by atoms with Gasteiger partial charge in [0.25, 0.3) is 0 Å². The third-order valence-corrected chi connectivity index (χ3v) is 5.11. The van der Waals surface area contributed by atoms with Crippen LogP contribution in [0.2, 0.25) is 0 Å². The number of para-hydroxylation sites is 3. The molecule has 3 aromatic carbocycles. The van der Waals surface area contributed by atoms with Gasteiger partial charge in [-0.15, -0.1) is 0 Å². The first-order valence-corrected chi connectivity index (χ1v) is 8.80. The molecule has 1 aliphatic rings. The van der Waals surface area contributed by atoms with Crippen molar-refractivity contribution < 1.29 is 4.79 Å². The molecule has 4 aromatic rings. The van der Waals surface area contributed by atoms with E-state index < -0.39 is 0 Å². The highest BCUT2D eigenvalue weighted by atomic mass is 16.2. The minimum Gasteiger partial charge on any atom is -0.309 e. The molecular weight excluding hydrogens is 320 g/mol. The van der Waals surface area contributed by atoms with Gasteiger partial charge >= 0.3 is 0 Å². The Morgan fingerprint density at radius 2 is 1.46 bits per heavy atom. The number of carbonyl (C=O) groups excluding carboxylic acids is 1. The highest BCUT2D eigenvalue weighted by molar-refractivity contribution is 5.98. The lowest BCUT2D eigenvalue weighted by Crippen LogP contribution is -2.38. The van der Waals surface area contributed by atoms with Crippen molar-refractivity contribution in [1.82, 2.24) is 4.57 Å². The van der Waals surface area contributed by atoms with E-state index in [4.69, 9.17) is 0 Å². The maximum atomic E-state index is 12.7. The first kappa shape index (κ1) is 15.0. The number of hydrogen-bond donors (Lipinski definition) is 0. The molecular formula is C23H18N2O. The van der Waals surface area contributed by atoms with Crippen LogP contribution < -0.4 is 4.90 Å². The van der Waals surface area contributed by atoms with Crippen LogP contribution in [-0.4, -0.2) is 10.5 Å². The first-order chi connectivity index (χ1) is 12.8. The fourth-order valence-corrected chi connectivity index (χ4v) is 4.08. The molecule has 26 heavy (non-hydrogen) atoms. The Morgan fingerprint density at radius 1 is 0.808 bits per heavy atom. The van der Waals surface area contributed by atoms with E-state index >= 15 is 0 Å². The number of carbonyl (C=O) groups is 1. The van der Waals surface area contributed by atoms with Gasteiger partial charge in [-0.3, -0.25) is 9.69 Å². The molecule has 0 spiro atoms. The van der Waals surface area contributed by atoms with Crippen LogP contribution in [0.3, 0.4) is 0 Å². The van der Waals surface area contributed by atoms with Crippen molar-refractivity contribution >= 4 is 22.5 Å². The van der Waals surface area contributed by atoms with Gasteiger partial charge in [-0.25, -0.2) is 0 Å². The van der Waals surface area contributed by atoms with Crippen LogP contribution in [-0.2, 0) is 4.79 Å². The summed E-state index contributed by atoms with van der Waals surface area (Å²) in [7, 11) is 0. The topological polar surface area (TPSA) is 25.2 Å². The van der Waals surface area contributed by atoms with E-state index in [1.807, 2.05) is 41.3 Å². The lowest BCUT2D eigenvalue weighted by molar-refractivity contribution is -0.117. The number of amides is 1. The standard InChI is InChI=1S/C23H18N2O/c1-16(26)24-20-13-7-8-14-21(20)25-19-12-6-5-11-18(19)15-22(25)23(24)17-9-3-2-4-10-17/h2-15,23H,1H3. The second kappa shape index (κ2) is 5.60. The fraction of sp³-hybridized carbons (Fsp3) is 0.0870. The van der Waals surface area contributed by atoms with Gasteiger partial charge in [-0.2, -0.15) is 0 Å². The maximum absolute atomic E-state index is 12.7. The van der Waals surface area contributed by atoms with E-state index in [-0.39, 0.29) is 11.9 Å². The molecule has 1 aromatic heterocycles. The maximum Gasteiger partial charge on any atom is 0.224 e. The molecule has 3 nitrogen and oxygen atoms in total. The van der Waals surface area contributed by atoms with Crippen LogP contribution >= 0.6 is 0 Å². The summed E-state index contributed by atoms with van der Waals surface area (Å²) >= 11 is 0. The Kier molecular flexibility index (Phi) is 3.22. The Hall–Kier alpha value is -3.33. The Labute approximate surface area is 152 Å². The number of benzene rings is 3. The largest absolute Gasteiger partial charge is 0.309 e. The molecule has 0 bridgehead atoms. The zero-order chi connectivity index (χ0) is 17.7. The predicted octanol–water partition coefficient (Wildman–Crippen LogP) is 5.09. The van der Waals surface area contributed by atoms with Crippen LogP contribution in [0.5, 0.6) is 0 Å². The summed E-state index contributed by atoms with van der Waals surface area (Å²) in [5.41, 5.74) is 5.39. The molecule has 1 atom stereocenters. The summed E-state index contributed by atoms with van der Waals surface area (Å²) in [6.45, 7) is 1.64. The van der Waals surface area contributed by atoms with Crippen molar-refractivity contribution in [2.75, 3.05) is 4.90 Å². The van der Waals surface area contributed by atoms with Gasteiger partial charge in [0.15, 0.2) is 0 Å². The number of fused-ring (bicyclic) bond motifs is 5. The minimum atomic E-state index is -0.143. The minimum absolute atomic E-state index is 0.0443. The number of nitrogens with zero attached hydrogens (tertiary/aromatic N) is 2. The Bertz CT molecular complexity index is 1130. The summed E-state index contributed by atoms with van der Waals surface area (Å²) in [4.78, 5) is 14.6. The van der Waals surface area contributed by atoms with Gasteiger partial charge in [0.1, 0.15) is 6.04 Å². The molecule has 126 valence electrons. The zero-order valence-electron chi connectivity index (χ0n) is 14.5. The van der Waals surface area contributed by atoms with Crippen molar-refractivity contribution in [2.24, 2.45) is 0 Å². The summed E-state index contributed by atoms with van der Waals surface area (Å²) in [5, 5.41) is 1.18. The van der Waals surface area contributed by atoms with Crippen LogP contribution in [0.4, 0.5) is 5.69 Å². The van der Waals surface area contributed by atoms with Gasteiger partial charge < -0.3 is 4.57 Å². The molecule has 0 aliphatic carbocycles. The van der Waals surface area contributed by atoms with E-state index in [9.17, 15) is 4.79 Å². The lowest BCUT2D eigenvalue weighted by atomic mass is 9.98. The van der Waals surface area contributed by atoms with Gasteiger partial charge in [0, 0.05) is 12.3 Å². The molecule has 0 radical (unpaired) electrons. The van der Waals surface area contributed by atoms with Crippen LogP contribution in [0.25, 0.3) is 16.6 Å². The van der Waals surface area contributed by atoms with Gasteiger partial charge in [-0.1, -0.05) is 60.7 Å². The second-order valence-corrected chi connectivity index (χ2v) is 6.65. The molecule has 2 heterocycles. The van der Waals surface area contributed by atoms with Crippen LogP contribution in [0, 0.1) is 0 Å². The second-order valence-electron chi connectivity index (χ2n) is 6.65. The zero-order valence-corrected chi connectivity index (χ0v) is 14.5. The summed E-state index contributed by atoms with van der Waals surface area (Å²) < 4.78 is 2.29. The highest BCUT2D eigenvalue weighted by Crippen LogP contribution is 2.44. The van der Waals surface area contributed by atoms with Gasteiger partial charge in [0.2, 0.25) is 5.91 Å². The predicted molar refractivity (Wildman–Crippen MR) is 105 cm³/mol. The molecule has 0 saturated heterocycles. The molecule has 1 amide bonds. The fourth-order valence-electron chi connectivity index (χ4n) is 4.08. The van der Waals surface area contributed by atoms with Crippen LogP contribution in [0.1, 0.15) is 24.2 Å². The monoisotopic (exact) mass is 338 g/mol. The van der Waals surface area contributed by atoms with E-state index in [1.54, 1.807) is 6.92 Å². The molecule has 1 unspecified atom stereocenters. The third-order valence-electron chi connectivity index (χ3n) is 5.11. The van der Waals surface area contributed by atoms with E-state index in [0.717, 1.165) is 22.6 Å². The third kappa shape index (κ3) is 2.04. The molecule has 0 N–H and O–H groups in total. The quantitative estimate of drug-likeness (QED) is 0.475. The molecule has 0 saturated carbocycles. The van der Waals surface area contributed by atoms with Crippen molar-refractivity contribution in [3.05, 3.63) is 96.2 Å². The van der Waals surface area contributed by atoms with E-state index in [2.05, 4.69) is 53.1 Å². The van der Waals surface area contributed by atoms with Crippen molar-refractivity contribution in [1.29, 1.82) is 0 Å². The summed E-state index contributed by atoms with van der Waals surface area (Å²) in [6.07, 6.45) is 0. The van der Waals surface area contributed by atoms with Crippen LogP contribution in [0.15, 0.2) is 84.9 Å². The van der Waals surface area contributed by atoms with Crippen molar-refractivity contribution in [3.63, 3.8) is 0 Å². The number of aromatic nitrogens is 1. The Balaban J connectivity index is 1.90. The highest BCUT2D eigenvalue weighted by Gasteiger charge is 2.35. The number of hydrogen-bond acceptors (Lipinski definition) is 1. The first-order valence-electron chi connectivity index (χ1n) is 8.80. The van der Waals surface area contributed by atoms with Gasteiger partial charge in [-0.05, 0) is 29.8 Å².